The maximum absolute atomic E-state index is 12.5. The molecule has 0 bridgehead atoms. The Kier molecular flexibility index (Phi) is 44.9. The van der Waals surface area contributed by atoms with Crippen LogP contribution in [0, 0.1) is 0 Å². The van der Waals surface area contributed by atoms with Crippen molar-refractivity contribution in [2.45, 2.75) is 141 Å². The normalized spacial score (nSPS) is 13.1. The minimum absolute atomic E-state index is 0. The number of alkyl carbamates (subject to hydrolysis) is 2. The number of phenols is 4. The zero-order chi connectivity index (χ0) is 92.7. The second kappa shape index (κ2) is 53.8. The molecule has 14 N–H and O–H groups in total. The molecule has 2 spiro atoms. The molecule has 0 fully saturated rings. The Morgan fingerprint density at radius 2 is 0.698 bits per heavy atom. The third-order valence-electron chi connectivity index (χ3n) is 18.5. The van der Waals surface area contributed by atoms with Gasteiger partial charge in [0.15, 0.2) is 11.2 Å². The Hall–Kier alpha value is -11.9. The first-order valence-electron chi connectivity index (χ1n) is 41.2. The van der Waals surface area contributed by atoms with Crippen molar-refractivity contribution in [1.29, 1.82) is 0 Å². The Labute approximate surface area is 768 Å². The number of rotatable bonds is 42. The molecule has 10 rings (SSSR count). The van der Waals surface area contributed by atoms with E-state index < -0.39 is 88.9 Å². The topological polar surface area (TPSA) is 552 Å². The number of phenolic OH excluding ortho intramolecular Hbond substituents is 4. The molecule has 0 saturated carbocycles. The molecule has 698 valence electrons. The van der Waals surface area contributed by atoms with Crippen molar-refractivity contribution >= 4 is 71.5 Å². The summed E-state index contributed by atoms with van der Waals surface area (Å²) in [5, 5.41) is 68.3. The number of benzene rings is 6. The van der Waals surface area contributed by atoms with Crippen LogP contribution < -0.4 is 81.6 Å². The van der Waals surface area contributed by atoms with Crippen LogP contribution in [0.3, 0.4) is 0 Å². The van der Waals surface area contributed by atoms with Gasteiger partial charge in [-0.15, -0.1) is 0 Å². The first kappa shape index (κ1) is 108. The quantitative estimate of drug-likeness (QED) is 0.0111. The molecule has 4 aliphatic rings. The third-order valence-corrected chi connectivity index (χ3v) is 18.5. The summed E-state index contributed by atoms with van der Waals surface area (Å²) in [6.45, 7) is 19.3. The molecule has 6 aromatic rings. The molecule has 0 unspecified atom stereocenters. The number of nitrogens with one attached hydrogen (secondary N) is 8. The van der Waals surface area contributed by atoms with Crippen LogP contribution in [-0.4, -0.2) is 251 Å². The average Bonchev–Trinajstić information content (AvgIpc) is 1.58. The fourth-order valence-corrected chi connectivity index (χ4v) is 12.9. The average molecular weight is 1820 g/mol. The minimum Gasteiger partial charge on any atom is -0.870 e. The van der Waals surface area contributed by atoms with E-state index in [-0.39, 0.29) is 114 Å². The van der Waals surface area contributed by atoms with E-state index in [1.54, 1.807) is 90.1 Å². The summed E-state index contributed by atoms with van der Waals surface area (Å²) in [5.74, 6) is -3.17. The number of aromatic hydroxyl groups is 4. The zero-order valence-corrected chi connectivity index (χ0v) is 76.0. The smallest absolute Gasteiger partial charge is 0.870 e. The molecule has 39 nitrogen and oxygen atoms in total. The van der Waals surface area contributed by atoms with Crippen LogP contribution >= 0.6 is 0 Å². The predicted octanol–water partition coefficient (Wildman–Crippen LogP) is 4.13. The second-order valence-corrected chi connectivity index (χ2v) is 30.8. The molecule has 4 aliphatic heterocycles. The first-order chi connectivity index (χ1) is 60.5. The van der Waals surface area contributed by atoms with Gasteiger partial charge < -0.3 is 135 Å². The standard InChI is InChI=1S/C25H46N4O10.C24H44N4O10.2C20H12O5.Na.H2O/c1-19(30)26-10-6-12-36-14-16-38-17-15-37-13-7-11-27-21(31)9-8-20(23(33)28-18-22(32)35-5)29-24(34)39-25(2,3)4;1-18(29)25-9-5-11-35-13-15-37-16-14-36-12-6-10-26-20(30)8-7-19(22(33)27-17-21(31)32)28-23(34)38-24(2,3)4;2*21-11-5-7-15-17(9-11)24-18-10-12(22)6-8-16(18)20(15)14-4-2-1-3-13(14)19(23)25-20;;/h20H,6-18H2,1-5H3,(H,26,30)(H,27,31)(H,28,33)(H,29,34);19H,5-17H2,1-4H3,(H,25,29)(H,26,30)(H,27,33)(H,28,34)(H,31,32);2*1-10,21-22H;;1H2/q;;;;+1;/p-1/t20-;19-;;;;/m00..../s1. The number of fused-ring (bicyclic) bond motifs is 12. The summed E-state index contributed by atoms with van der Waals surface area (Å²) in [5.41, 5.74) is 1.01. The van der Waals surface area contributed by atoms with Gasteiger partial charge in [-0.2, -0.15) is 0 Å². The SMILES string of the molecule is CC(=O)NCCCOCCOCCOCCCNC(=O)CC[C@H](NC(=O)OC(C)(C)C)C(=O)NCC(=O)O.COC(=O)CNC(=O)[C@H](CCC(=O)NCCCOCCOCCOCCCNC(C)=O)NC(=O)OC(C)(C)C.O=C1OC2(c3ccc(O)cc3Oc3cc(O)ccc32)c2ccccc21.O=C1OC2(c3ccc(O)cc3Oc3cc(O)ccc32)c2ccccc21.[Na+].[OH-]. The number of hydrogen-bond acceptors (Lipinski definition) is 30. The second-order valence-electron chi connectivity index (χ2n) is 30.8. The van der Waals surface area contributed by atoms with Gasteiger partial charge in [0.25, 0.3) is 0 Å². The number of esters is 3. The molecule has 0 radical (unpaired) electrons. The molecular weight excluding hydrogens is 1700 g/mol. The fourth-order valence-electron chi connectivity index (χ4n) is 12.9. The number of carbonyl (C=O) groups is 12. The van der Waals surface area contributed by atoms with Crippen molar-refractivity contribution in [1.82, 2.24) is 42.5 Å². The van der Waals surface area contributed by atoms with Crippen molar-refractivity contribution in [3.8, 4) is 46.0 Å². The van der Waals surface area contributed by atoms with Crippen LogP contribution in [0.15, 0.2) is 121 Å². The van der Waals surface area contributed by atoms with Crippen LogP contribution in [0.5, 0.6) is 46.0 Å². The molecule has 129 heavy (non-hydrogen) atoms. The van der Waals surface area contributed by atoms with Gasteiger partial charge in [0.05, 0.1) is 71.1 Å². The number of carboxylic acids is 1. The molecule has 2 atom stereocenters. The van der Waals surface area contributed by atoms with E-state index in [0.717, 1.165) is 12.8 Å². The van der Waals surface area contributed by atoms with Crippen molar-refractivity contribution in [3.05, 3.63) is 166 Å². The van der Waals surface area contributed by atoms with Crippen molar-refractivity contribution in [2.75, 3.05) is 126 Å². The van der Waals surface area contributed by atoms with Gasteiger partial charge in [0.1, 0.15) is 82.4 Å². The molecule has 0 aromatic heterocycles. The molecule has 0 saturated heterocycles. The van der Waals surface area contributed by atoms with Gasteiger partial charge in [-0.05, 0) is 141 Å². The van der Waals surface area contributed by atoms with Crippen molar-refractivity contribution in [2.24, 2.45) is 0 Å². The number of ether oxygens (including phenoxy) is 13. The summed E-state index contributed by atoms with van der Waals surface area (Å²) >= 11 is 0. The van der Waals surface area contributed by atoms with Gasteiger partial charge >= 0.3 is 65.6 Å². The zero-order valence-electron chi connectivity index (χ0n) is 74.0. The number of carbonyl (C=O) groups excluding carboxylic acids is 11. The molecule has 8 amide bonds. The van der Waals surface area contributed by atoms with Gasteiger partial charge in [-0.1, -0.05) is 36.4 Å². The van der Waals surface area contributed by atoms with Gasteiger partial charge in [-0.25, -0.2) is 19.2 Å². The summed E-state index contributed by atoms with van der Waals surface area (Å²) in [7, 11) is 1.19. The molecule has 6 aromatic carbocycles. The number of methoxy groups -OCH3 is 1. The molecule has 40 heteroatoms. The molecule has 0 aliphatic carbocycles. The Morgan fingerprint density at radius 1 is 0.403 bits per heavy atom. The fraction of sp³-hybridized carbons (Fsp3) is 0.461. The van der Waals surface area contributed by atoms with E-state index in [1.807, 2.05) is 24.3 Å². The van der Waals surface area contributed by atoms with E-state index in [1.165, 1.54) is 69.5 Å². The maximum Gasteiger partial charge on any atom is 1.00 e. The number of carboxylic acid groups (broad SMARTS) is 1. The van der Waals surface area contributed by atoms with Crippen LogP contribution in [0.2, 0.25) is 0 Å². The van der Waals surface area contributed by atoms with Crippen LogP contribution in [-0.2, 0) is 102 Å². The van der Waals surface area contributed by atoms with Crippen molar-refractivity contribution < 1.29 is 180 Å². The largest absolute Gasteiger partial charge is 1.00 e. The van der Waals surface area contributed by atoms with E-state index in [4.69, 9.17) is 61.9 Å². The number of hydrogen-bond donors (Lipinski definition) is 13. The van der Waals surface area contributed by atoms with E-state index in [9.17, 15) is 78.0 Å². The first-order valence-corrected chi connectivity index (χ1v) is 41.2. The van der Waals surface area contributed by atoms with Crippen molar-refractivity contribution in [3.63, 3.8) is 0 Å². The summed E-state index contributed by atoms with van der Waals surface area (Å²) in [4.78, 5) is 142. The maximum atomic E-state index is 12.5. The monoisotopic (exact) mass is 1810 g/mol. The minimum atomic E-state index is -1.23. The van der Waals surface area contributed by atoms with Gasteiger partial charge in [-0.3, -0.25) is 38.4 Å². The predicted molar refractivity (Wildman–Crippen MR) is 455 cm³/mol. The summed E-state index contributed by atoms with van der Waals surface area (Å²) in [6, 6.07) is 31.0. The summed E-state index contributed by atoms with van der Waals surface area (Å²) < 4.78 is 70.8. The Morgan fingerprint density at radius 3 is 0.992 bits per heavy atom. The Balaban J connectivity index is 0.000000307. The van der Waals surface area contributed by atoms with Crippen LogP contribution in [0.4, 0.5) is 9.59 Å². The van der Waals surface area contributed by atoms with Crippen LogP contribution in [0.1, 0.15) is 161 Å². The number of aliphatic carboxylic acids is 1. The van der Waals surface area contributed by atoms with Gasteiger partial charge in [0.2, 0.25) is 35.4 Å². The Bertz CT molecular complexity index is 4480. The molecular formula is C89H115N8NaO31. The van der Waals surface area contributed by atoms with E-state index in [2.05, 4.69) is 47.3 Å². The van der Waals surface area contributed by atoms with E-state index in [0.29, 0.717) is 186 Å². The molecule has 4 heterocycles. The summed E-state index contributed by atoms with van der Waals surface area (Å²) in [6.07, 6.45) is 0.855. The van der Waals surface area contributed by atoms with Gasteiger partial charge in [0, 0.05) is 137 Å². The third kappa shape index (κ3) is 34.9. The van der Waals surface area contributed by atoms with E-state index >= 15 is 0 Å². The van der Waals surface area contributed by atoms with Crippen LogP contribution in [0.25, 0.3) is 0 Å². The number of amides is 8.